The van der Waals surface area contributed by atoms with Gasteiger partial charge in [-0.1, -0.05) is 0 Å². The Labute approximate surface area is 191 Å². The van der Waals surface area contributed by atoms with Gasteiger partial charge in [-0.3, -0.25) is 14.8 Å². The molecule has 2 aliphatic rings. The van der Waals surface area contributed by atoms with Gasteiger partial charge in [0.15, 0.2) is 0 Å². The Morgan fingerprint density at radius 2 is 1.94 bits per heavy atom. The molecule has 0 aliphatic carbocycles. The lowest BCUT2D eigenvalue weighted by molar-refractivity contribution is -0.133. The highest BCUT2D eigenvalue weighted by molar-refractivity contribution is 5.77. The molecule has 0 aromatic carbocycles. The van der Waals surface area contributed by atoms with Crippen molar-refractivity contribution < 1.29 is 4.79 Å². The van der Waals surface area contributed by atoms with Crippen molar-refractivity contribution in [1.82, 2.24) is 25.2 Å². The van der Waals surface area contributed by atoms with Gasteiger partial charge in [-0.05, 0) is 78.4 Å². The van der Waals surface area contributed by atoms with Gasteiger partial charge in [0, 0.05) is 47.8 Å². The predicted molar refractivity (Wildman–Crippen MR) is 127 cm³/mol. The number of anilines is 2. The van der Waals surface area contributed by atoms with E-state index in [9.17, 15) is 4.79 Å². The van der Waals surface area contributed by atoms with Gasteiger partial charge in [-0.2, -0.15) is 0 Å². The second-order valence-electron chi connectivity index (χ2n) is 10.8. The van der Waals surface area contributed by atoms with Crippen LogP contribution >= 0.6 is 0 Å². The number of hydrogen-bond acceptors (Lipinski definition) is 6. The second-order valence-corrected chi connectivity index (χ2v) is 10.8. The largest absolute Gasteiger partial charge is 0.339 e. The van der Waals surface area contributed by atoms with E-state index in [0.29, 0.717) is 18.2 Å². The fourth-order valence-electron chi connectivity index (χ4n) is 5.86. The minimum absolute atomic E-state index is 0.0348. The Balaban J connectivity index is 1.49. The van der Waals surface area contributed by atoms with Crippen LogP contribution in [-0.2, 0) is 4.79 Å². The van der Waals surface area contributed by atoms with Crippen LogP contribution in [-0.4, -0.2) is 43.4 Å². The molecule has 0 radical (unpaired) electrons. The van der Waals surface area contributed by atoms with Crippen LogP contribution in [0.5, 0.6) is 0 Å². The number of likely N-dealkylation sites (tertiary alicyclic amines) is 1. The molecule has 2 fully saturated rings. The third-order valence-corrected chi connectivity index (χ3v) is 6.46. The molecule has 2 aromatic rings. The van der Waals surface area contributed by atoms with Crippen LogP contribution in [0, 0.1) is 12.8 Å². The van der Waals surface area contributed by atoms with Gasteiger partial charge < -0.3 is 15.5 Å². The van der Waals surface area contributed by atoms with Crippen LogP contribution < -0.4 is 10.6 Å². The number of rotatable bonds is 5. The molecule has 2 saturated heterocycles. The number of carbonyl (C=O) groups excluding carboxylic acids is 1. The van der Waals surface area contributed by atoms with Crippen LogP contribution in [0.25, 0.3) is 0 Å². The quantitative estimate of drug-likeness (QED) is 0.716. The van der Waals surface area contributed by atoms with Crippen molar-refractivity contribution in [2.24, 2.45) is 5.92 Å². The monoisotopic (exact) mass is 436 g/mol. The summed E-state index contributed by atoms with van der Waals surface area (Å²) in [6.07, 6.45) is 9.65. The number of aryl methyl sites for hydroxylation is 1. The molecule has 1 atom stereocenters. The number of amides is 1. The van der Waals surface area contributed by atoms with Crippen molar-refractivity contribution in [3.63, 3.8) is 0 Å². The van der Waals surface area contributed by atoms with Gasteiger partial charge in [0.05, 0.1) is 17.9 Å². The normalized spacial score (nSPS) is 22.7. The number of pyridine rings is 1. The third kappa shape index (κ3) is 5.44. The minimum atomic E-state index is 0.0348. The van der Waals surface area contributed by atoms with Crippen molar-refractivity contribution >= 4 is 17.4 Å². The van der Waals surface area contributed by atoms with Crippen molar-refractivity contribution in [3.8, 4) is 0 Å². The molecule has 32 heavy (non-hydrogen) atoms. The summed E-state index contributed by atoms with van der Waals surface area (Å²) in [6.45, 7) is 11.8. The number of hydrogen-bond donors (Lipinski definition) is 2. The van der Waals surface area contributed by atoms with Crippen molar-refractivity contribution in [2.75, 3.05) is 11.9 Å². The number of carbonyl (C=O) groups is 1. The summed E-state index contributed by atoms with van der Waals surface area (Å²) in [4.78, 5) is 28.7. The van der Waals surface area contributed by atoms with Crippen LogP contribution in [0.4, 0.5) is 11.5 Å². The SMILES string of the molecule is Cc1cc(Nc2cnccn2)cc(C2CCCN2C(=O)CC2CC(C)(C)NC(C)(C)C2)n1. The third-order valence-electron chi connectivity index (χ3n) is 6.46. The van der Waals surface area contributed by atoms with Crippen molar-refractivity contribution in [2.45, 2.75) is 83.8 Å². The predicted octanol–water partition coefficient (Wildman–Crippen LogP) is 4.53. The maximum atomic E-state index is 13.4. The summed E-state index contributed by atoms with van der Waals surface area (Å²) < 4.78 is 0. The average molecular weight is 437 g/mol. The first kappa shape index (κ1) is 22.6. The molecule has 0 saturated carbocycles. The molecule has 7 heteroatoms. The first-order valence-electron chi connectivity index (χ1n) is 11.7. The summed E-state index contributed by atoms with van der Waals surface area (Å²) in [7, 11) is 0. The zero-order valence-electron chi connectivity index (χ0n) is 20.0. The standard InChI is InChI=1S/C25H36N6O/c1-17-11-19(29-22-16-26-8-9-27-22)13-20(28-17)21-7-6-10-31(21)23(32)12-18-14-24(2,3)30-25(4,5)15-18/h8-9,11,13,16,18,21,30H,6-7,10,12,14-15H2,1-5H3,(H,27,28,29). The molecule has 2 aliphatic heterocycles. The minimum Gasteiger partial charge on any atom is -0.339 e. The highest BCUT2D eigenvalue weighted by Crippen LogP contribution is 2.38. The van der Waals surface area contributed by atoms with E-state index in [1.165, 1.54) is 0 Å². The molecular formula is C25H36N6O. The maximum Gasteiger partial charge on any atom is 0.223 e. The Hall–Kier alpha value is -2.54. The Kier molecular flexibility index (Phi) is 6.21. The molecule has 1 amide bonds. The summed E-state index contributed by atoms with van der Waals surface area (Å²) in [5, 5.41) is 7.03. The summed E-state index contributed by atoms with van der Waals surface area (Å²) in [5.41, 5.74) is 2.91. The lowest BCUT2D eigenvalue weighted by Crippen LogP contribution is -2.58. The lowest BCUT2D eigenvalue weighted by atomic mass is 9.74. The molecule has 0 spiro atoms. The van der Waals surface area contributed by atoms with E-state index in [1.807, 2.05) is 13.0 Å². The van der Waals surface area contributed by atoms with Crippen molar-refractivity contribution in [1.29, 1.82) is 0 Å². The van der Waals surface area contributed by atoms with E-state index in [0.717, 1.165) is 49.3 Å². The zero-order valence-corrected chi connectivity index (χ0v) is 20.0. The van der Waals surface area contributed by atoms with Gasteiger partial charge in [0.1, 0.15) is 5.82 Å². The van der Waals surface area contributed by atoms with Gasteiger partial charge in [0.25, 0.3) is 0 Å². The molecule has 2 aromatic heterocycles. The van der Waals surface area contributed by atoms with Crippen LogP contribution in [0.1, 0.15) is 77.2 Å². The topological polar surface area (TPSA) is 83.0 Å². The Morgan fingerprint density at radius 1 is 1.19 bits per heavy atom. The lowest BCUT2D eigenvalue weighted by Gasteiger charge is -2.46. The van der Waals surface area contributed by atoms with E-state index >= 15 is 0 Å². The molecule has 4 heterocycles. The fraction of sp³-hybridized carbons (Fsp3) is 0.600. The van der Waals surface area contributed by atoms with Gasteiger partial charge in [0.2, 0.25) is 5.91 Å². The van der Waals surface area contributed by atoms with E-state index in [1.54, 1.807) is 18.6 Å². The average Bonchev–Trinajstić information content (AvgIpc) is 3.16. The molecule has 1 unspecified atom stereocenters. The first-order valence-corrected chi connectivity index (χ1v) is 11.7. The summed E-state index contributed by atoms with van der Waals surface area (Å²) in [5.74, 6) is 1.35. The zero-order chi connectivity index (χ0) is 22.9. The summed E-state index contributed by atoms with van der Waals surface area (Å²) in [6, 6.07) is 4.08. The van der Waals surface area contributed by atoms with Crippen molar-refractivity contribution in [3.05, 3.63) is 42.1 Å². The Morgan fingerprint density at radius 3 is 2.62 bits per heavy atom. The maximum absolute atomic E-state index is 13.4. The van der Waals surface area contributed by atoms with Gasteiger partial charge in [-0.25, -0.2) is 4.98 Å². The van der Waals surface area contributed by atoms with Crippen LogP contribution in [0.3, 0.4) is 0 Å². The molecule has 7 nitrogen and oxygen atoms in total. The first-order chi connectivity index (χ1) is 15.1. The van der Waals surface area contributed by atoms with E-state index < -0.39 is 0 Å². The second kappa shape index (κ2) is 8.77. The van der Waals surface area contributed by atoms with E-state index in [2.05, 4.69) is 59.3 Å². The van der Waals surface area contributed by atoms with E-state index in [-0.39, 0.29) is 23.0 Å². The molecule has 2 N–H and O–H groups in total. The number of aromatic nitrogens is 3. The molecule has 4 rings (SSSR count). The van der Waals surface area contributed by atoms with Gasteiger partial charge >= 0.3 is 0 Å². The van der Waals surface area contributed by atoms with Gasteiger partial charge in [-0.15, -0.1) is 0 Å². The van der Waals surface area contributed by atoms with Crippen LogP contribution in [0.15, 0.2) is 30.7 Å². The molecule has 172 valence electrons. The highest BCUT2D eigenvalue weighted by atomic mass is 16.2. The van der Waals surface area contributed by atoms with Crippen LogP contribution in [0.2, 0.25) is 0 Å². The number of nitrogens with zero attached hydrogens (tertiary/aromatic N) is 4. The number of piperidine rings is 1. The van der Waals surface area contributed by atoms with E-state index in [4.69, 9.17) is 4.98 Å². The molecule has 0 bridgehead atoms. The fourth-order valence-corrected chi connectivity index (χ4v) is 5.86. The highest BCUT2D eigenvalue weighted by Gasteiger charge is 2.40. The number of nitrogens with one attached hydrogen (secondary N) is 2. The molecular weight excluding hydrogens is 400 g/mol. The summed E-state index contributed by atoms with van der Waals surface area (Å²) >= 11 is 0. The Bertz CT molecular complexity index is 942. The smallest absolute Gasteiger partial charge is 0.223 e.